The van der Waals surface area contributed by atoms with E-state index in [1.807, 2.05) is 17.4 Å². The van der Waals surface area contributed by atoms with Crippen LogP contribution in [0.15, 0.2) is 170 Å². The second-order valence-corrected chi connectivity index (χ2v) is 12.9. The highest BCUT2D eigenvalue weighted by Crippen LogP contribution is 2.49. The molecule has 8 rings (SSSR count). The number of benzene rings is 6. The van der Waals surface area contributed by atoms with Gasteiger partial charge >= 0.3 is 0 Å². The Morgan fingerprint density at radius 2 is 1.27 bits per heavy atom. The van der Waals surface area contributed by atoms with Crippen LogP contribution in [0, 0.1) is 0 Å². The van der Waals surface area contributed by atoms with Gasteiger partial charge in [0.15, 0.2) is 0 Å². The highest BCUT2D eigenvalue weighted by atomic mass is 32.1. The molecule has 0 unspecified atom stereocenters. The molecule has 49 heavy (non-hydrogen) atoms. The molecule has 0 aliphatic rings. The van der Waals surface area contributed by atoms with Crippen molar-refractivity contribution in [2.45, 2.75) is 6.92 Å². The molecule has 8 aromatic rings. The minimum atomic E-state index is 0.777. The Bertz CT molecular complexity index is 2570. The van der Waals surface area contributed by atoms with Gasteiger partial charge in [0.25, 0.3) is 0 Å². The van der Waals surface area contributed by atoms with E-state index in [1.54, 1.807) is 6.20 Å². The van der Waals surface area contributed by atoms with E-state index in [2.05, 4.69) is 176 Å². The number of nitrogens with zero attached hydrogens (tertiary/aromatic N) is 2. The molecule has 0 N–H and O–H groups in total. The molecule has 0 atom stereocenters. The van der Waals surface area contributed by atoms with Crippen LogP contribution in [0.25, 0.3) is 70.7 Å². The summed E-state index contributed by atoms with van der Waals surface area (Å²) >= 11 is 1.87. The predicted molar refractivity (Wildman–Crippen MR) is 216 cm³/mol. The summed E-state index contributed by atoms with van der Waals surface area (Å²) < 4.78 is 4.86. The molecule has 0 bridgehead atoms. The second kappa shape index (κ2) is 12.9. The van der Waals surface area contributed by atoms with Crippen LogP contribution in [0.4, 0.5) is 0 Å². The number of fused-ring (bicyclic) bond motifs is 8. The Hall–Kier alpha value is -6.03. The normalized spacial score (nSPS) is 12.0. The first-order chi connectivity index (χ1) is 24.2. The van der Waals surface area contributed by atoms with Crippen molar-refractivity contribution in [3.8, 4) is 11.1 Å². The second-order valence-electron chi connectivity index (χ2n) is 11.9. The maximum Gasteiger partial charge on any atom is 0.138 e. The van der Waals surface area contributed by atoms with Crippen molar-refractivity contribution >= 4 is 76.7 Å². The summed E-state index contributed by atoms with van der Waals surface area (Å²) in [5, 5.41) is 6.06. The number of rotatable bonds is 7. The molecule has 0 fully saturated rings. The summed E-state index contributed by atoms with van der Waals surface area (Å²) in [6, 6.07) is 47.3. The molecule has 0 spiro atoms. The highest BCUT2D eigenvalue weighted by Gasteiger charge is 2.25. The zero-order valence-corrected chi connectivity index (χ0v) is 28.1. The maximum atomic E-state index is 5.04. The van der Waals surface area contributed by atoms with Crippen molar-refractivity contribution < 1.29 is 0 Å². The highest BCUT2D eigenvalue weighted by molar-refractivity contribution is 7.27. The summed E-state index contributed by atoms with van der Waals surface area (Å²) in [7, 11) is 0. The molecule has 0 radical (unpaired) electrons. The van der Waals surface area contributed by atoms with Gasteiger partial charge in [0.05, 0.1) is 11.2 Å². The van der Waals surface area contributed by atoms with Crippen LogP contribution in [-0.4, -0.2) is 10.4 Å². The van der Waals surface area contributed by atoms with Gasteiger partial charge in [-0.15, -0.1) is 11.3 Å². The fraction of sp³-hybridized carbons (Fsp3) is 0.0217. The standard InChI is InChI=1S/C46H34N2S/c1-4-19-40-34(5-2)42-36-26-16-17-27-37(36)46-43(38-29-18-28-35(45(38)49-46)31-20-10-7-11-21-31)44(42)48(40)41(47-6-3)30-39(32-22-12-8-13-23-32)33-24-14-9-15-25-33/h4-30H,2-3H2,1H3/b19-4-,47-41?. The Morgan fingerprint density at radius 3 is 1.90 bits per heavy atom. The van der Waals surface area contributed by atoms with Crippen molar-refractivity contribution in [1.29, 1.82) is 0 Å². The van der Waals surface area contributed by atoms with Crippen molar-refractivity contribution in [2.24, 2.45) is 4.99 Å². The lowest BCUT2D eigenvalue weighted by Gasteiger charge is -2.14. The van der Waals surface area contributed by atoms with E-state index in [9.17, 15) is 0 Å². The number of aromatic nitrogens is 1. The minimum Gasteiger partial charge on any atom is -0.293 e. The Kier molecular flexibility index (Phi) is 7.97. The van der Waals surface area contributed by atoms with Crippen molar-refractivity contribution in [3.63, 3.8) is 0 Å². The summed E-state index contributed by atoms with van der Waals surface area (Å²) in [4.78, 5) is 5.04. The summed E-state index contributed by atoms with van der Waals surface area (Å²) in [5.74, 6) is 0.777. The topological polar surface area (TPSA) is 17.3 Å². The number of hydrogen-bond acceptors (Lipinski definition) is 2. The van der Waals surface area contributed by atoms with E-state index >= 15 is 0 Å². The average molecular weight is 647 g/mol. The van der Waals surface area contributed by atoms with Crippen molar-refractivity contribution in [2.75, 3.05) is 0 Å². The van der Waals surface area contributed by atoms with E-state index in [-0.39, 0.29) is 0 Å². The minimum absolute atomic E-state index is 0.777. The lowest BCUT2D eigenvalue weighted by atomic mass is 9.97. The van der Waals surface area contributed by atoms with E-state index in [0.717, 1.165) is 39.3 Å². The lowest BCUT2D eigenvalue weighted by Crippen LogP contribution is -2.12. The Morgan fingerprint density at radius 1 is 0.653 bits per heavy atom. The van der Waals surface area contributed by atoms with Gasteiger partial charge in [-0.05, 0) is 52.3 Å². The molecule has 0 saturated carbocycles. The largest absolute Gasteiger partial charge is 0.293 e. The van der Waals surface area contributed by atoms with Gasteiger partial charge in [-0.3, -0.25) is 4.57 Å². The molecule has 234 valence electrons. The maximum absolute atomic E-state index is 5.04. The molecule has 2 aromatic heterocycles. The smallest absolute Gasteiger partial charge is 0.138 e. The molecular formula is C46H34N2S. The van der Waals surface area contributed by atoms with Gasteiger partial charge in [0.1, 0.15) is 5.84 Å². The summed E-state index contributed by atoms with van der Waals surface area (Å²) in [6.45, 7) is 10.5. The van der Waals surface area contributed by atoms with Crippen molar-refractivity contribution in [1.82, 2.24) is 4.57 Å². The number of hydrogen-bond donors (Lipinski definition) is 0. The fourth-order valence-corrected chi connectivity index (χ4v) is 8.50. The van der Waals surface area contributed by atoms with E-state index in [0.29, 0.717) is 0 Å². The first-order valence-corrected chi connectivity index (χ1v) is 17.3. The molecule has 0 aliphatic carbocycles. The number of allylic oxidation sites excluding steroid dienone is 2. The summed E-state index contributed by atoms with van der Waals surface area (Å²) in [5.41, 5.74) is 8.98. The SMILES string of the molecule is C=CN=C(C=C(c1ccccc1)c1ccccc1)n1c(/C=C\C)c(C=C)c2c3ccccc3c3sc4c(-c5ccccc5)cccc4c3c21. The van der Waals surface area contributed by atoms with Crippen LogP contribution < -0.4 is 0 Å². The molecule has 6 aromatic carbocycles. The van der Waals surface area contributed by atoms with Gasteiger partial charge in [-0.25, -0.2) is 4.99 Å². The first kappa shape index (κ1) is 30.3. The van der Waals surface area contributed by atoms with E-state index < -0.39 is 0 Å². The van der Waals surface area contributed by atoms with Gasteiger partial charge < -0.3 is 0 Å². The predicted octanol–water partition coefficient (Wildman–Crippen LogP) is 13.0. The van der Waals surface area contributed by atoms with Crippen LogP contribution in [-0.2, 0) is 0 Å². The third kappa shape index (κ3) is 5.07. The molecule has 0 amide bonds. The van der Waals surface area contributed by atoms with Crippen LogP contribution in [0.5, 0.6) is 0 Å². The number of thiophene rings is 1. The van der Waals surface area contributed by atoms with Crippen LogP contribution in [0.2, 0.25) is 0 Å². The van der Waals surface area contributed by atoms with E-state index in [4.69, 9.17) is 4.99 Å². The zero-order chi connectivity index (χ0) is 33.3. The quantitative estimate of drug-likeness (QED) is 0.121. The van der Waals surface area contributed by atoms with Crippen LogP contribution >= 0.6 is 11.3 Å². The van der Waals surface area contributed by atoms with Gasteiger partial charge in [-0.2, -0.15) is 0 Å². The average Bonchev–Trinajstić information content (AvgIpc) is 3.71. The lowest BCUT2D eigenvalue weighted by molar-refractivity contribution is 1.19. The summed E-state index contributed by atoms with van der Waals surface area (Å²) in [6.07, 6.45) is 10.1. The van der Waals surface area contributed by atoms with E-state index in [1.165, 1.54) is 47.5 Å². The third-order valence-electron chi connectivity index (χ3n) is 9.15. The first-order valence-electron chi connectivity index (χ1n) is 16.5. The molecule has 0 saturated heterocycles. The van der Waals surface area contributed by atoms with Gasteiger partial charge in [0.2, 0.25) is 0 Å². The zero-order valence-electron chi connectivity index (χ0n) is 27.3. The van der Waals surface area contributed by atoms with Gasteiger partial charge in [0, 0.05) is 42.7 Å². The molecule has 3 heteroatoms. The number of aliphatic imine (C=N–C) groups is 1. The van der Waals surface area contributed by atoms with Crippen LogP contribution in [0.3, 0.4) is 0 Å². The van der Waals surface area contributed by atoms with Crippen molar-refractivity contribution in [3.05, 3.63) is 187 Å². The fourth-order valence-electron chi connectivity index (χ4n) is 7.12. The Labute approximate surface area is 290 Å². The van der Waals surface area contributed by atoms with Gasteiger partial charge in [-0.1, -0.05) is 159 Å². The molecule has 0 aliphatic heterocycles. The molecular weight excluding hydrogens is 613 g/mol. The Balaban J connectivity index is 1.58. The van der Waals surface area contributed by atoms with Crippen LogP contribution in [0.1, 0.15) is 29.3 Å². The third-order valence-corrected chi connectivity index (χ3v) is 10.4. The monoisotopic (exact) mass is 646 g/mol. The molecule has 2 nitrogen and oxygen atoms in total. The molecule has 2 heterocycles.